The minimum absolute atomic E-state index is 0.0963. The van der Waals surface area contributed by atoms with Crippen LogP contribution in [-0.4, -0.2) is 31.9 Å². The molecule has 0 aliphatic carbocycles. The van der Waals surface area contributed by atoms with Crippen LogP contribution in [0.25, 0.3) is 5.69 Å². The highest BCUT2D eigenvalue weighted by atomic mass is 32.2. The summed E-state index contributed by atoms with van der Waals surface area (Å²) in [6.07, 6.45) is 0.759. The van der Waals surface area contributed by atoms with Crippen LogP contribution in [0.1, 0.15) is 22.3 Å². The molecule has 0 atom stereocenters. The molecular weight excluding hydrogens is 406 g/mol. The fourth-order valence-electron chi connectivity index (χ4n) is 3.31. The SMILES string of the molecule is Cc1cccc(-n2nnnc2SCC(=O)Nc2ccccc2Cc2ccccc2)c1C. The highest BCUT2D eigenvalue weighted by Crippen LogP contribution is 2.23. The molecule has 1 N–H and O–H groups in total. The van der Waals surface area contributed by atoms with E-state index in [0.717, 1.165) is 34.5 Å². The van der Waals surface area contributed by atoms with Crippen molar-refractivity contribution in [1.82, 2.24) is 20.2 Å². The van der Waals surface area contributed by atoms with E-state index >= 15 is 0 Å². The number of carbonyl (C=O) groups is 1. The first kappa shape index (κ1) is 20.8. The molecule has 3 aromatic carbocycles. The van der Waals surface area contributed by atoms with Crippen molar-refractivity contribution >= 4 is 23.4 Å². The van der Waals surface area contributed by atoms with Gasteiger partial charge in [-0.2, -0.15) is 4.68 Å². The van der Waals surface area contributed by atoms with Crippen molar-refractivity contribution < 1.29 is 4.79 Å². The molecule has 0 spiro atoms. The number of amides is 1. The third-order valence-electron chi connectivity index (χ3n) is 5.11. The molecule has 31 heavy (non-hydrogen) atoms. The quantitative estimate of drug-likeness (QED) is 0.435. The van der Waals surface area contributed by atoms with E-state index in [9.17, 15) is 4.79 Å². The Bertz CT molecular complexity index is 1190. The van der Waals surface area contributed by atoms with Gasteiger partial charge in [0.25, 0.3) is 0 Å². The van der Waals surface area contributed by atoms with Crippen molar-refractivity contribution in [3.63, 3.8) is 0 Å². The summed E-state index contributed by atoms with van der Waals surface area (Å²) in [7, 11) is 0. The number of thioether (sulfide) groups is 1. The number of nitrogens with one attached hydrogen (secondary N) is 1. The number of benzene rings is 3. The Labute approximate surface area is 185 Å². The Morgan fingerprint density at radius 2 is 1.74 bits per heavy atom. The van der Waals surface area contributed by atoms with Crippen LogP contribution in [-0.2, 0) is 11.2 Å². The first-order valence-corrected chi connectivity index (χ1v) is 11.0. The zero-order valence-corrected chi connectivity index (χ0v) is 18.3. The zero-order chi connectivity index (χ0) is 21.6. The highest BCUT2D eigenvalue weighted by molar-refractivity contribution is 7.99. The third kappa shape index (κ3) is 5.00. The smallest absolute Gasteiger partial charge is 0.234 e. The van der Waals surface area contributed by atoms with Crippen molar-refractivity contribution in [2.45, 2.75) is 25.4 Å². The summed E-state index contributed by atoms with van der Waals surface area (Å²) in [5.41, 5.74) is 6.29. The second-order valence-corrected chi connectivity index (χ2v) is 8.19. The monoisotopic (exact) mass is 429 g/mol. The van der Waals surface area contributed by atoms with Crippen molar-refractivity contribution in [3.05, 3.63) is 95.1 Å². The number of carbonyl (C=O) groups excluding carboxylic acids is 1. The molecule has 0 aliphatic heterocycles. The standard InChI is InChI=1S/C24H23N5OS/c1-17-9-8-14-22(18(17)2)29-24(26-27-28-29)31-16-23(30)25-21-13-7-6-12-20(21)15-19-10-4-3-5-11-19/h3-14H,15-16H2,1-2H3,(H,25,30). The van der Waals surface area contributed by atoms with Gasteiger partial charge in [-0.1, -0.05) is 72.4 Å². The van der Waals surface area contributed by atoms with Crippen LogP contribution < -0.4 is 5.32 Å². The van der Waals surface area contributed by atoms with Crippen molar-refractivity contribution in [1.29, 1.82) is 0 Å². The van der Waals surface area contributed by atoms with Crippen LogP contribution >= 0.6 is 11.8 Å². The van der Waals surface area contributed by atoms with E-state index in [-0.39, 0.29) is 11.7 Å². The summed E-state index contributed by atoms with van der Waals surface area (Å²) >= 11 is 1.32. The van der Waals surface area contributed by atoms with E-state index in [1.165, 1.54) is 17.3 Å². The average molecular weight is 430 g/mol. The number of anilines is 1. The maximum Gasteiger partial charge on any atom is 0.234 e. The molecule has 156 valence electrons. The number of hydrogen-bond acceptors (Lipinski definition) is 5. The first-order valence-electron chi connectivity index (χ1n) is 10.0. The first-order chi connectivity index (χ1) is 15.1. The van der Waals surface area contributed by atoms with Crippen LogP contribution in [0.5, 0.6) is 0 Å². The second-order valence-electron chi connectivity index (χ2n) is 7.25. The van der Waals surface area contributed by atoms with E-state index in [0.29, 0.717) is 5.16 Å². The minimum Gasteiger partial charge on any atom is -0.325 e. The van der Waals surface area contributed by atoms with Crippen molar-refractivity contribution in [2.75, 3.05) is 11.1 Å². The van der Waals surface area contributed by atoms with Gasteiger partial charge in [0, 0.05) is 5.69 Å². The molecule has 1 heterocycles. The lowest BCUT2D eigenvalue weighted by molar-refractivity contribution is -0.113. The lowest BCUT2D eigenvalue weighted by Gasteiger charge is -2.12. The number of hydrogen-bond donors (Lipinski definition) is 1. The molecule has 4 aromatic rings. The van der Waals surface area contributed by atoms with Crippen LogP contribution in [0.3, 0.4) is 0 Å². The van der Waals surface area contributed by atoms with E-state index in [2.05, 4.69) is 46.0 Å². The molecule has 0 saturated carbocycles. The van der Waals surface area contributed by atoms with E-state index in [4.69, 9.17) is 0 Å². The van der Waals surface area contributed by atoms with Gasteiger partial charge in [-0.15, -0.1) is 5.10 Å². The van der Waals surface area contributed by atoms with Gasteiger partial charge >= 0.3 is 0 Å². The predicted molar refractivity (Wildman–Crippen MR) is 124 cm³/mol. The maximum atomic E-state index is 12.7. The van der Waals surface area contributed by atoms with E-state index in [1.54, 1.807) is 4.68 Å². The zero-order valence-electron chi connectivity index (χ0n) is 17.4. The molecule has 0 radical (unpaired) electrons. The van der Waals surface area contributed by atoms with Gasteiger partial charge in [0.15, 0.2) is 0 Å². The summed E-state index contributed by atoms with van der Waals surface area (Å²) in [4.78, 5) is 12.7. The minimum atomic E-state index is -0.0963. The molecule has 0 fully saturated rings. The van der Waals surface area contributed by atoms with E-state index < -0.39 is 0 Å². The lowest BCUT2D eigenvalue weighted by Crippen LogP contribution is -2.16. The van der Waals surface area contributed by atoms with Gasteiger partial charge in [-0.3, -0.25) is 4.79 Å². The molecule has 1 amide bonds. The Kier molecular flexibility index (Phi) is 6.43. The van der Waals surface area contributed by atoms with Crippen LogP contribution in [0.2, 0.25) is 0 Å². The highest BCUT2D eigenvalue weighted by Gasteiger charge is 2.14. The van der Waals surface area contributed by atoms with Crippen LogP contribution in [0.4, 0.5) is 5.69 Å². The summed E-state index contributed by atoms with van der Waals surface area (Å²) in [5, 5.41) is 15.6. The Morgan fingerprint density at radius 1 is 0.968 bits per heavy atom. The summed E-state index contributed by atoms with van der Waals surface area (Å²) in [6.45, 7) is 4.09. The summed E-state index contributed by atoms with van der Waals surface area (Å²) < 4.78 is 1.68. The number of aromatic nitrogens is 4. The number of rotatable bonds is 7. The molecule has 0 bridgehead atoms. The normalized spacial score (nSPS) is 10.8. The van der Waals surface area contributed by atoms with E-state index in [1.807, 2.05) is 61.5 Å². The van der Waals surface area contributed by atoms with Crippen LogP contribution in [0.15, 0.2) is 78.0 Å². The summed E-state index contributed by atoms with van der Waals surface area (Å²) in [5.74, 6) is 0.117. The topological polar surface area (TPSA) is 72.7 Å². The summed E-state index contributed by atoms with van der Waals surface area (Å²) in [6, 6.07) is 24.1. The predicted octanol–water partition coefficient (Wildman–Crippen LogP) is 4.60. The number of para-hydroxylation sites is 1. The third-order valence-corrected chi connectivity index (χ3v) is 6.03. The molecule has 6 nitrogen and oxygen atoms in total. The molecule has 1 aromatic heterocycles. The number of aryl methyl sites for hydroxylation is 1. The lowest BCUT2D eigenvalue weighted by atomic mass is 10.0. The van der Waals surface area contributed by atoms with Crippen LogP contribution in [0, 0.1) is 13.8 Å². The molecule has 7 heteroatoms. The fraction of sp³-hybridized carbons (Fsp3) is 0.167. The Balaban J connectivity index is 1.44. The average Bonchev–Trinajstić information content (AvgIpc) is 3.25. The molecule has 4 rings (SSSR count). The van der Waals surface area contributed by atoms with Gasteiger partial charge in [-0.25, -0.2) is 0 Å². The molecule has 0 aliphatic rings. The van der Waals surface area contributed by atoms with Crippen molar-refractivity contribution in [3.8, 4) is 5.69 Å². The number of nitrogens with zero attached hydrogens (tertiary/aromatic N) is 4. The number of tetrazole rings is 1. The van der Waals surface area contributed by atoms with Gasteiger partial charge in [0.2, 0.25) is 11.1 Å². The second kappa shape index (κ2) is 9.57. The molecule has 0 unspecified atom stereocenters. The van der Waals surface area contributed by atoms with Gasteiger partial charge in [-0.05, 0) is 65.1 Å². The van der Waals surface area contributed by atoms with Gasteiger partial charge in [0.05, 0.1) is 11.4 Å². The maximum absolute atomic E-state index is 12.7. The van der Waals surface area contributed by atoms with Gasteiger partial charge < -0.3 is 5.32 Å². The Morgan fingerprint density at radius 3 is 2.58 bits per heavy atom. The molecule has 0 saturated heterocycles. The largest absolute Gasteiger partial charge is 0.325 e. The fourth-order valence-corrected chi connectivity index (χ4v) is 4.00. The Hall–Kier alpha value is -3.45. The van der Waals surface area contributed by atoms with Crippen molar-refractivity contribution in [2.24, 2.45) is 0 Å². The molecular formula is C24H23N5OS. The van der Waals surface area contributed by atoms with Gasteiger partial charge in [0.1, 0.15) is 0 Å².